The van der Waals surface area contributed by atoms with E-state index in [-0.39, 0.29) is 0 Å². The molecule has 0 N–H and O–H groups in total. The third kappa shape index (κ3) is 5.96. The number of hydrogen-bond donors (Lipinski definition) is 0. The first kappa shape index (κ1) is 17.3. The Morgan fingerprint density at radius 1 is 0.800 bits per heavy atom. The zero-order chi connectivity index (χ0) is 14.3. The predicted octanol–water partition coefficient (Wildman–Crippen LogP) is 3.28. The zero-order valence-corrected chi connectivity index (χ0v) is 18.2. The molecule has 0 fully saturated rings. The molecule has 0 aromatic heterocycles. The second kappa shape index (κ2) is 9.14. The first-order valence-corrected chi connectivity index (χ1v) is 19.5. The molecule has 0 amide bonds. The summed E-state index contributed by atoms with van der Waals surface area (Å²) in [6, 6.07) is 21.9. The molecule has 100 valence electrons. The molecule has 0 aliphatic carbocycles. The van der Waals surface area contributed by atoms with Gasteiger partial charge in [0.05, 0.1) is 0 Å². The number of aryl methyl sites for hydroxylation is 2. The Kier molecular flexibility index (Phi) is 7.89. The van der Waals surface area contributed by atoms with Crippen LogP contribution >= 0.6 is 4.20 Å². The summed E-state index contributed by atoms with van der Waals surface area (Å²) in [5, 5.41) is 0. The molecule has 2 aromatic rings. The van der Waals surface area contributed by atoms with Crippen LogP contribution in [-0.4, -0.2) is 62.9 Å². The minimum absolute atomic E-state index is 0.782. The summed E-state index contributed by atoms with van der Waals surface area (Å²) >= 11 is 5.03. The maximum atomic E-state index is 3.65. The molecule has 0 saturated heterocycles. The third-order valence-corrected chi connectivity index (χ3v) is 39.8. The van der Waals surface area contributed by atoms with E-state index in [4.69, 9.17) is 0 Å². The maximum absolute atomic E-state index is 3.65. The standard InChI is InChI=1S/C16H19PSe2.Na/c18-17(19,13-11-15-7-3-1-4-8-15)14-12-16-9-5-2-6-10-16;/h1-10H,11-14H2,(H,18,19);/q;+1/p-1. The van der Waals surface area contributed by atoms with Crippen molar-refractivity contribution in [2.45, 2.75) is 12.8 Å². The fourth-order valence-corrected chi connectivity index (χ4v) is 14.3. The molecular formula is C16H18NaPSe2. The fraction of sp³-hybridized carbons (Fsp3) is 0.250. The molecule has 4 heteroatoms. The summed E-state index contributed by atoms with van der Waals surface area (Å²) in [4.78, 5) is 0. The van der Waals surface area contributed by atoms with Crippen molar-refractivity contribution in [3.8, 4) is 0 Å². The molecule has 0 aliphatic heterocycles. The van der Waals surface area contributed by atoms with E-state index in [1.807, 2.05) is 0 Å². The average molecular weight is 422 g/mol. The van der Waals surface area contributed by atoms with Crippen LogP contribution in [0.5, 0.6) is 0 Å². The Morgan fingerprint density at radius 2 is 1.20 bits per heavy atom. The fourth-order valence-electron chi connectivity index (χ4n) is 2.18. The van der Waals surface area contributed by atoms with Crippen LogP contribution in [0.15, 0.2) is 60.7 Å². The average Bonchev–Trinajstić information content (AvgIpc) is 2.53. The Labute approximate surface area is 150 Å². The summed E-state index contributed by atoms with van der Waals surface area (Å²) in [7, 11) is 0.885. The van der Waals surface area contributed by atoms with Crippen molar-refractivity contribution in [1.29, 1.82) is 0 Å². The number of benzene rings is 2. The van der Waals surface area contributed by atoms with Gasteiger partial charge in [-0.05, 0) is 0 Å². The van der Waals surface area contributed by atoms with Crippen molar-refractivity contribution in [2.24, 2.45) is 0 Å². The van der Waals surface area contributed by atoms with Crippen LogP contribution in [0.3, 0.4) is 0 Å². The van der Waals surface area contributed by atoms with Gasteiger partial charge < -0.3 is 0 Å². The quantitative estimate of drug-likeness (QED) is 0.475. The number of hydrogen-bond acceptors (Lipinski definition) is 0. The molecule has 0 saturated carbocycles. The SMILES string of the molecule is [Na][Se]P(=[Se])(CCc1ccccc1)CCc1ccccc1. The molecule has 0 heterocycles. The molecule has 20 heavy (non-hydrogen) atoms. The normalized spacial score (nSPS) is 11.5. The van der Waals surface area contributed by atoms with Crippen molar-refractivity contribution < 1.29 is 0 Å². The van der Waals surface area contributed by atoms with Gasteiger partial charge in [0.25, 0.3) is 0 Å². The summed E-state index contributed by atoms with van der Waals surface area (Å²) in [6.07, 6.45) is 5.29. The zero-order valence-electron chi connectivity index (χ0n) is 11.9. The van der Waals surface area contributed by atoms with E-state index in [2.05, 4.69) is 75.8 Å². The van der Waals surface area contributed by atoms with Crippen molar-refractivity contribution in [3.63, 3.8) is 0 Å². The van der Waals surface area contributed by atoms with Gasteiger partial charge in [-0.3, -0.25) is 0 Å². The van der Waals surface area contributed by atoms with Gasteiger partial charge in [0.15, 0.2) is 0 Å². The van der Waals surface area contributed by atoms with Crippen LogP contribution in [0, 0.1) is 0 Å². The van der Waals surface area contributed by atoms with Gasteiger partial charge in [0, 0.05) is 0 Å². The molecule has 2 rings (SSSR count). The summed E-state index contributed by atoms with van der Waals surface area (Å²) in [6.45, 7) is 0. The molecule has 0 aliphatic rings. The first-order valence-electron chi connectivity index (χ1n) is 6.93. The molecule has 0 nitrogen and oxygen atoms in total. The molecule has 0 atom stereocenters. The molecule has 0 unspecified atom stereocenters. The van der Waals surface area contributed by atoms with Crippen molar-refractivity contribution in [2.75, 3.05) is 12.3 Å². The first-order chi connectivity index (χ1) is 9.72. The van der Waals surface area contributed by atoms with Gasteiger partial charge >= 0.3 is 152 Å². The van der Waals surface area contributed by atoms with Gasteiger partial charge in [0.2, 0.25) is 0 Å². The minimum atomic E-state index is -0.782. The van der Waals surface area contributed by atoms with E-state index in [0.29, 0.717) is 0 Å². The Hall–Kier alpha value is 0.909. The third-order valence-electron chi connectivity index (χ3n) is 3.50. The van der Waals surface area contributed by atoms with Crippen LogP contribution in [0.2, 0.25) is 0 Å². The Balaban J connectivity index is 1.90. The second-order valence-electron chi connectivity index (χ2n) is 4.92. The van der Waals surface area contributed by atoms with Crippen LogP contribution in [0.4, 0.5) is 0 Å². The topological polar surface area (TPSA) is 0 Å². The predicted molar refractivity (Wildman–Crippen MR) is 94.2 cm³/mol. The van der Waals surface area contributed by atoms with Gasteiger partial charge in [-0.1, -0.05) is 0 Å². The summed E-state index contributed by atoms with van der Waals surface area (Å²) in [5.74, 6) is 0. The molecule has 0 bridgehead atoms. The van der Waals surface area contributed by atoms with E-state index < -0.39 is 4.20 Å². The number of rotatable bonds is 7. The van der Waals surface area contributed by atoms with Crippen molar-refractivity contribution in [3.05, 3.63) is 71.8 Å². The molecule has 0 spiro atoms. The van der Waals surface area contributed by atoms with Gasteiger partial charge in [-0.2, -0.15) is 0 Å². The van der Waals surface area contributed by atoms with Crippen LogP contribution in [0.25, 0.3) is 0 Å². The van der Waals surface area contributed by atoms with Crippen LogP contribution < -0.4 is 0 Å². The van der Waals surface area contributed by atoms with Gasteiger partial charge in [-0.15, -0.1) is 0 Å². The Morgan fingerprint density at radius 3 is 1.55 bits per heavy atom. The van der Waals surface area contributed by atoms with E-state index in [9.17, 15) is 0 Å². The monoisotopic (exact) mass is 424 g/mol. The van der Waals surface area contributed by atoms with E-state index in [1.54, 1.807) is 0 Å². The van der Waals surface area contributed by atoms with E-state index in [1.165, 1.54) is 61.7 Å². The van der Waals surface area contributed by atoms with Crippen molar-refractivity contribution in [1.82, 2.24) is 0 Å². The Bertz CT molecular complexity index is 510. The molecular weight excluding hydrogens is 404 g/mol. The van der Waals surface area contributed by atoms with Gasteiger partial charge in [-0.25, -0.2) is 0 Å². The van der Waals surface area contributed by atoms with Crippen molar-refractivity contribution >= 4 is 54.7 Å². The van der Waals surface area contributed by atoms with E-state index in [0.717, 1.165) is 10.1 Å². The summed E-state index contributed by atoms with van der Waals surface area (Å²) in [5.41, 5.74) is 3.00. The summed E-state index contributed by atoms with van der Waals surface area (Å²) < 4.78 is -0.782. The van der Waals surface area contributed by atoms with Crippen LogP contribution in [0.1, 0.15) is 11.1 Å². The second-order valence-corrected chi connectivity index (χ2v) is 28.1. The van der Waals surface area contributed by atoms with Gasteiger partial charge in [0.1, 0.15) is 0 Å². The molecule has 2 aromatic carbocycles. The molecule has 0 radical (unpaired) electrons. The van der Waals surface area contributed by atoms with E-state index >= 15 is 0 Å². The van der Waals surface area contributed by atoms with Crippen LogP contribution in [-0.2, 0) is 12.8 Å².